The number of thioether (sulfide) groups is 1. The molecule has 4 nitrogen and oxygen atoms in total. The van der Waals surface area contributed by atoms with Crippen LogP contribution < -0.4 is 5.73 Å². The first kappa shape index (κ1) is 17.9. The standard InChI is InChI=1S/C12H18Cl2N2O2S2/c1-8(4-5-19-3)16(2)20(17,18)12-10(13)6-9(15)7-11(12)14/h6-8H,4-5,15H2,1-3H3. The van der Waals surface area contributed by atoms with Gasteiger partial charge in [-0.25, -0.2) is 8.42 Å². The fourth-order valence-electron chi connectivity index (χ4n) is 1.68. The first-order valence-corrected chi connectivity index (χ1v) is 9.52. The number of nitrogens with two attached hydrogens (primary N) is 1. The van der Waals surface area contributed by atoms with Crippen molar-refractivity contribution < 1.29 is 8.42 Å². The predicted molar refractivity (Wildman–Crippen MR) is 88.3 cm³/mol. The summed E-state index contributed by atoms with van der Waals surface area (Å²) in [4.78, 5) is -0.0893. The molecule has 0 saturated heterocycles. The van der Waals surface area contributed by atoms with Crippen molar-refractivity contribution in [2.75, 3.05) is 24.8 Å². The smallest absolute Gasteiger partial charge is 0.246 e. The van der Waals surface area contributed by atoms with Crippen molar-refractivity contribution in [1.29, 1.82) is 0 Å². The molecule has 0 aromatic heterocycles. The molecule has 0 aliphatic rings. The minimum Gasteiger partial charge on any atom is -0.399 e. The normalized spacial score (nSPS) is 13.7. The van der Waals surface area contributed by atoms with E-state index in [1.54, 1.807) is 11.8 Å². The Labute approximate surface area is 134 Å². The van der Waals surface area contributed by atoms with E-state index in [1.807, 2.05) is 13.2 Å². The second-order valence-electron chi connectivity index (χ2n) is 4.47. The molecule has 0 spiro atoms. The number of sulfonamides is 1. The maximum Gasteiger partial charge on any atom is 0.246 e. The first-order valence-electron chi connectivity index (χ1n) is 5.93. The zero-order valence-electron chi connectivity index (χ0n) is 11.6. The molecule has 1 aromatic rings. The van der Waals surface area contributed by atoms with Crippen LogP contribution in [0.25, 0.3) is 0 Å². The Morgan fingerprint density at radius 1 is 1.35 bits per heavy atom. The van der Waals surface area contributed by atoms with Crippen LogP contribution in [0.2, 0.25) is 10.0 Å². The Morgan fingerprint density at radius 3 is 2.30 bits per heavy atom. The summed E-state index contributed by atoms with van der Waals surface area (Å²) < 4.78 is 26.5. The molecule has 0 bridgehead atoms. The van der Waals surface area contributed by atoms with E-state index in [0.29, 0.717) is 5.69 Å². The molecule has 1 rings (SSSR count). The number of hydrogen-bond donors (Lipinski definition) is 1. The van der Waals surface area contributed by atoms with E-state index >= 15 is 0 Å². The number of nitrogen functional groups attached to an aromatic ring is 1. The van der Waals surface area contributed by atoms with Gasteiger partial charge in [-0.1, -0.05) is 23.2 Å². The molecule has 0 fully saturated rings. The first-order chi connectivity index (χ1) is 9.21. The molecule has 0 saturated carbocycles. The summed E-state index contributed by atoms with van der Waals surface area (Å²) in [6, 6.07) is 2.64. The molecule has 0 aliphatic carbocycles. The van der Waals surface area contributed by atoms with Gasteiger partial charge in [-0.3, -0.25) is 0 Å². The highest BCUT2D eigenvalue weighted by Gasteiger charge is 2.29. The summed E-state index contributed by atoms with van der Waals surface area (Å²) >= 11 is 13.7. The van der Waals surface area contributed by atoms with Crippen molar-refractivity contribution in [2.24, 2.45) is 0 Å². The SMILES string of the molecule is CSCCC(C)N(C)S(=O)(=O)c1c(Cl)cc(N)cc1Cl. The highest BCUT2D eigenvalue weighted by atomic mass is 35.5. The molecule has 1 unspecified atom stereocenters. The summed E-state index contributed by atoms with van der Waals surface area (Å²) in [5.74, 6) is 0.879. The van der Waals surface area contributed by atoms with Crippen molar-refractivity contribution in [3.8, 4) is 0 Å². The number of halogens is 2. The van der Waals surface area contributed by atoms with Gasteiger partial charge in [0.15, 0.2) is 0 Å². The van der Waals surface area contributed by atoms with Crippen LogP contribution in [0.4, 0.5) is 5.69 Å². The van der Waals surface area contributed by atoms with Gasteiger partial charge in [0.05, 0.1) is 10.0 Å². The minimum atomic E-state index is -3.74. The van der Waals surface area contributed by atoms with Crippen LogP contribution in [0, 0.1) is 0 Å². The molecule has 2 N–H and O–H groups in total. The Morgan fingerprint density at radius 2 is 1.85 bits per heavy atom. The molecule has 114 valence electrons. The van der Waals surface area contributed by atoms with Crippen molar-refractivity contribution >= 4 is 50.7 Å². The molecular formula is C12H18Cl2N2O2S2. The van der Waals surface area contributed by atoms with Gasteiger partial charge in [-0.05, 0) is 37.5 Å². The average Bonchev–Trinajstić information content (AvgIpc) is 2.33. The summed E-state index contributed by atoms with van der Waals surface area (Å²) in [5, 5.41) is 0.0813. The number of hydrogen-bond acceptors (Lipinski definition) is 4. The lowest BCUT2D eigenvalue weighted by Crippen LogP contribution is -2.35. The fraction of sp³-hybridized carbons (Fsp3) is 0.500. The monoisotopic (exact) mass is 356 g/mol. The number of anilines is 1. The van der Waals surface area contributed by atoms with Gasteiger partial charge in [-0.15, -0.1) is 0 Å². The van der Waals surface area contributed by atoms with Crippen molar-refractivity contribution in [1.82, 2.24) is 4.31 Å². The quantitative estimate of drug-likeness (QED) is 0.793. The highest BCUT2D eigenvalue weighted by molar-refractivity contribution is 7.98. The van der Waals surface area contributed by atoms with Crippen molar-refractivity contribution in [3.05, 3.63) is 22.2 Å². The average molecular weight is 357 g/mol. The lowest BCUT2D eigenvalue weighted by atomic mass is 10.3. The second-order valence-corrected chi connectivity index (χ2v) is 8.20. The topological polar surface area (TPSA) is 63.4 Å². The Kier molecular flexibility index (Phi) is 6.47. The van der Waals surface area contributed by atoms with Crippen LogP contribution in [-0.4, -0.2) is 37.8 Å². The van der Waals surface area contributed by atoms with Crippen LogP contribution in [0.15, 0.2) is 17.0 Å². The molecule has 0 heterocycles. The van der Waals surface area contributed by atoms with Crippen LogP contribution in [0.5, 0.6) is 0 Å². The maximum absolute atomic E-state index is 12.6. The lowest BCUT2D eigenvalue weighted by Gasteiger charge is -2.25. The van der Waals surface area contributed by atoms with E-state index in [4.69, 9.17) is 28.9 Å². The van der Waals surface area contributed by atoms with E-state index in [9.17, 15) is 8.42 Å². The fourth-order valence-corrected chi connectivity index (χ4v) is 4.82. The molecule has 1 atom stereocenters. The molecule has 1 aromatic carbocycles. The highest BCUT2D eigenvalue weighted by Crippen LogP contribution is 2.34. The van der Waals surface area contributed by atoms with E-state index in [-0.39, 0.29) is 21.0 Å². The van der Waals surface area contributed by atoms with Gasteiger partial charge < -0.3 is 5.73 Å². The lowest BCUT2D eigenvalue weighted by molar-refractivity contribution is 0.382. The molecular weight excluding hydrogens is 339 g/mol. The van der Waals surface area contributed by atoms with Crippen LogP contribution in [0.1, 0.15) is 13.3 Å². The van der Waals surface area contributed by atoms with E-state index in [2.05, 4.69) is 0 Å². The Bertz CT molecular complexity index is 556. The van der Waals surface area contributed by atoms with E-state index in [1.165, 1.54) is 23.5 Å². The summed E-state index contributed by atoms with van der Waals surface area (Å²) in [5.41, 5.74) is 5.92. The zero-order valence-corrected chi connectivity index (χ0v) is 14.7. The van der Waals surface area contributed by atoms with Crippen molar-refractivity contribution in [2.45, 2.75) is 24.3 Å². The molecule has 0 aliphatic heterocycles. The third kappa shape index (κ3) is 3.95. The third-order valence-corrected chi connectivity index (χ3v) is 6.56. The third-order valence-electron chi connectivity index (χ3n) is 3.02. The van der Waals surface area contributed by atoms with Gasteiger partial charge in [-0.2, -0.15) is 16.1 Å². The minimum absolute atomic E-state index is 0.0407. The summed E-state index contributed by atoms with van der Waals surface area (Å²) in [7, 11) is -2.21. The van der Waals surface area contributed by atoms with E-state index in [0.717, 1.165) is 12.2 Å². The summed E-state index contributed by atoms with van der Waals surface area (Å²) in [6.07, 6.45) is 2.73. The van der Waals surface area contributed by atoms with Crippen molar-refractivity contribution in [3.63, 3.8) is 0 Å². The summed E-state index contributed by atoms with van der Waals surface area (Å²) in [6.45, 7) is 1.85. The molecule has 0 radical (unpaired) electrons. The van der Waals surface area contributed by atoms with Crippen LogP contribution in [0.3, 0.4) is 0 Å². The predicted octanol–water partition coefficient (Wildman–Crippen LogP) is 3.34. The van der Waals surface area contributed by atoms with Crippen LogP contribution in [-0.2, 0) is 10.0 Å². The van der Waals surface area contributed by atoms with Gasteiger partial charge in [0, 0.05) is 18.8 Å². The van der Waals surface area contributed by atoms with Gasteiger partial charge >= 0.3 is 0 Å². The van der Waals surface area contributed by atoms with Gasteiger partial charge in [0.2, 0.25) is 10.0 Å². The molecule has 0 amide bonds. The Hall–Kier alpha value is -0.140. The van der Waals surface area contributed by atoms with Crippen LogP contribution >= 0.6 is 35.0 Å². The van der Waals surface area contributed by atoms with Gasteiger partial charge in [0.25, 0.3) is 0 Å². The largest absolute Gasteiger partial charge is 0.399 e. The maximum atomic E-state index is 12.6. The zero-order chi connectivity index (χ0) is 15.5. The number of nitrogens with zero attached hydrogens (tertiary/aromatic N) is 1. The number of benzene rings is 1. The molecule has 20 heavy (non-hydrogen) atoms. The second kappa shape index (κ2) is 7.22. The molecule has 8 heteroatoms. The van der Waals surface area contributed by atoms with Gasteiger partial charge in [0.1, 0.15) is 4.90 Å². The number of rotatable bonds is 6. The Balaban J connectivity index is 3.17. The van der Waals surface area contributed by atoms with E-state index < -0.39 is 10.0 Å².